The van der Waals surface area contributed by atoms with Crippen LogP contribution in [0, 0.1) is 12.8 Å². The van der Waals surface area contributed by atoms with Crippen LogP contribution in [0.2, 0.25) is 0 Å². The number of ether oxygens (including phenoxy) is 1. The number of sulfonamides is 1. The number of benzene rings is 1. The molecule has 0 aliphatic carbocycles. The third-order valence-corrected chi connectivity index (χ3v) is 4.03. The van der Waals surface area contributed by atoms with Crippen LogP contribution < -0.4 is 10.5 Å². The fourth-order valence-corrected chi connectivity index (χ4v) is 2.86. The zero-order chi connectivity index (χ0) is 13.8. The molecule has 0 aliphatic rings. The van der Waals surface area contributed by atoms with Gasteiger partial charge in [0, 0.05) is 20.3 Å². The minimum Gasteiger partial charge on any atom is -0.398 e. The summed E-state index contributed by atoms with van der Waals surface area (Å²) in [7, 11) is -1.97. The summed E-state index contributed by atoms with van der Waals surface area (Å²) in [5.41, 5.74) is 6.92. The maximum Gasteiger partial charge on any atom is 0.242 e. The molecule has 0 heterocycles. The quantitative estimate of drug-likeness (QED) is 0.761. The topological polar surface area (TPSA) is 81.4 Å². The summed E-state index contributed by atoms with van der Waals surface area (Å²) in [6.45, 7) is 4.60. The summed E-state index contributed by atoms with van der Waals surface area (Å²) in [5, 5.41) is 0. The molecule has 1 unspecified atom stereocenters. The van der Waals surface area contributed by atoms with Crippen molar-refractivity contribution in [1.29, 1.82) is 0 Å². The molecule has 0 saturated carbocycles. The van der Waals surface area contributed by atoms with E-state index in [4.69, 9.17) is 10.5 Å². The second-order valence-electron chi connectivity index (χ2n) is 4.45. The molecule has 1 aromatic rings. The van der Waals surface area contributed by atoms with E-state index in [0.717, 1.165) is 5.56 Å². The summed E-state index contributed by atoms with van der Waals surface area (Å²) in [4.78, 5) is 0.123. The van der Waals surface area contributed by atoms with E-state index in [-0.39, 0.29) is 16.5 Å². The lowest BCUT2D eigenvalue weighted by Gasteiger charge is -2.13. The maximum atomic E-state index is 12.0. The van der Waals surface area contributed by atoms with Crippen LogP contribution in [0.4, 0.5) is 5.69 Å². The van der Waals surface area contributed by atoms with E-state index >= 15 is 0 Å². The van der Waals surface area contributed by atoms with E-state index < -0.39 is 10.0 Å². The largest absolute Gasteiger partial charge is 0.398 e. The zero-order valence-corrected chi connectivity index (χ0v) is 11.8. The maximum absolute atomic E-state index is 12.0. The van der Waals surface area contributed by atoms with Crippen molar-refractivity contribution in [3.05, 3.63) is 23.8 Å². The molecule has 0 aliphatic heterocycles. The van der Waals surface area contributed by atoms with Gasteiger partial charge in [-0.1, -0.05) is 13.0 Å². The fourth-order valence-electron chi connectivity index (χ4n) is 1.59. The Morgan fingerprint density at radius 2 is 2.11 bits per heavy atom. The van der Waals surface area contributed by atoms with E-state index in [1.807, 2.05) is 13.8 Å². The monoisotopic (exact) mass is 272 g/mol. The second kappa shape index (κ2) is 6.17. The molecule has 0 bridgehead atoms. The Hall–Kier alpha value is -1.11. The number of hydrogen-bond donors (Lipinski definition) is 2. The highest BCUT2D eigenvalue weighted by Gasteiger charge is 2.17. The summed E-state index contributed by atoms with van der Waals surface area (Å²) in [6.07, 6.45) is 0. The van der Waals surface area contributed by atoms with Crippen molar-refractivity contribution in [3.8, 4) is 0 Å². The van der Waals surface area contributed by atoms with E-state index in [0.29, 0.717) is 13.2 Å². The minimum atomic E-state index is -3.55. The molecule has 0 saturated heterocycles. The lowest BCUT2D eigenvalue weighted by atomic mass is 10.2. The molecule has 0 amide bonds. The van der Waals surface area contributed by atoms with E-state index in [1.54, 1.807) is 19.2 Å². The number of hydrogen-bond acceptors (Lipinski definition) is 4. The van der Waals surface area contributed by atoms with Crippen LogP contribution in [0.5, 0.6) is 0 Å². The average Bonchev–Trinajstić information content (AvgIpc) is 2.26. The molecule has 6 heteroatoms. The van der Waals surface area contributed by atoms with Crippen molar-refractivity contribution >= 4 is 15.7 Å². The van der Waals surface area contributed by atoms with Gasteiger partial charge in [0.05, 0.1) is 5.69 Å². The molecule has 1 aromatic carbocycles. The first-order valence-electron chi connectivity index (χ1n) is 5.71. The molecule has 1 rings (SSSR count). The fraction of sp³-hybridized carbons (Fsp3) is 0.500. The number of methoxy groups -OCH3 is 1. The predicted octanol–water partition coefficient (Wildman–Crippen LogP) is 1.14. The van der Waals surface area contributed by atoms with Gasteiger partial charge < -0.3 is 10.5 Å². The average molecular weight is 272 g/mol. The zero-order valence-electron chi connectivity index (χ0n) is 10.9. The summed E-state index contributed by atoms with van der Waals surface area (Å²) >= 11 is 0. The van der Waals surface area contributed by atoms with Gasteiger partial charge in [-0.2, -0.15) is 0 Å². The second-order valence-corrected chi connectivity index (χ2v) is 6.19. The third-order valence-electron chi connectivity index (χ3n) is 2.53. The summed E-state index contributed by atoms with van der Waals surface area (Å²) < 4.78 is 31.6. The SMILES string of the molecule is COCC(C)CNS(=O)(=O)c1ccc(C)cc1N. The first-order valence-corrected chi connectivity index (χ1v) is 7.20. The van der Waals surface area contributed by atoms with Gasteiger partial charge in [0.25, 0.3) is 0 Å². The van der Waals surface area contributed by atoms with Gasteiger partial charge in [-0.15, -0.1) is 0 Å². The lowest BCUT2D eigenvalue weighted by Crippen LogP contribution is -2.30. The highest BCUT2D eigenvalue weighted by molar-refractivity contribution is 7.89. The molecule has 5 nitrogen and oxygen atoms in total. The first-order chi connectivity index (χ1) is 8.36. The lowest BCUT2D eigenvalue weighted by molar-refractivity contribution is 0.161. The number of nitrogens with one attached hydrogen (secondary N) is 1. The number of rotatable bonds is 6. The first kappa shape index (κ1) is 14.9. The van der Waals surface area contributed by atoms with Crippen molar-refractivity contribution in [2.45, 2.75) is 18.7 Å². The number of nitrogens with two attached hydrogens (primary N) is 1. The normalized spacial score (nSPS) is 13.5. The highest BCUT2D eigenvalue weighted by atomic mass is 32.2. The Balaban J connectivity index is 2.80. The van der Waals surface area contributed by atoms with Gasteiger partial charge in [0.1, 0.15) is 4.90 Å². The molecule has 1 atom stereocenters. The van der Waals surface area contributed by atoms with Crippen molar-refractivity contribution < 1.29 is 13.2 Å². The van der Waals surface area contributed by atoms with Crippen LogP contribution in [0.15, 0.2) is 23.1 Å². The van der Waals surface area contributed by atoms with Crippen molar-refractivity contribution in [3.63, 3.8) is 0 Å². The number of anilines is 1. The van der Waals surface area contributed by atoms with Crippen LogP contribution in [-0.4, -0.2) is 28.7 Å². The van der Waals surface area contributed by atoms with Crippen LogP contribution in [0.3, 0.4) is 0 Å². The standard InChI is InChI=1S/C12H20N2O3S/c1-9-4-5-12(11(13)6-9)18(15,16)14-7-10(2)8-17-3/h4-6,10,14H,7-8,13H2,1-3H3. The molecule has 102 valence electrons. The smallest absolute Gasteiger partial charge is 0.242 e. The molecule has 0 spiro atoms. The van der Waals surface area contributed by atoms with Gasteiger partial charge in [0.15, 0.2) is 0 Å². The van der Waals surface area contributed by atoms with E-state index in [2.05, 4.69) is 4.72 Å². The van der Waals surface area contributed by atoms with Crippen LogP contribution in [0.1, 0.15) is 12.5 Å². The van der Waals surface area contributed by atoms with Crippen molar-refractivity contribution in [2.75, 3.05) is 26.0 Å². The number of aryl methyl sites for hydroxylation is 1. The molecule has 0 aromatic heterocycles. The van der Waals surface area contributed by atoms with E-state index in [1.165, 1.54) is 6.07 Å². The minimum absolute atomic E-state index is 0.108. The van der Waals surface area contributed by atoms with Gasteiger partial charge in [0.2, 0.25) is 10.0 Å². The van der Waals surface area contributed by atoms with Crippen LogP contribution in [-0.2, 0) is 14.8 Å². The summed E-state index contributed by atoms with van der Waals surface area (Å²) in [5.74, 6) is 0.108. The molecule has 18 heavy (non-hydrogen) atoms. The third kappa shape index (κ3) is 3.97. The van der Waals surface area contributed by atoms with Crippen LogP contribution >= 0.6 is 0 Å². The highest BCUT2D eigenvalue weighted by Crippen LogP contribution is 2.19. The molecule has 3 N–H and O–H groups in total. The van der Waals surface area contributed by atoms with Crippen LogP contribution in [0.25, 0.3) is 0 Å². The molecule has 0 radical (unpaired) electrons. The summed E-state index contributed by atoms with van der Waals surface area (Å²) in [6, 6.07) is 4.89. The predicted molar refractivity (Wildman–Crippen MR) is 71.8 cm³/mol. The van der Waals surface area contributed by atoms with Gasteiger partial charge in [-0.05, 0) is 30.5 Å². The Kier molecular flexibility index (Phi) is 5.13. The molecular weight excluding hydrogens is 252 g/mol. The van der Waals surface area contributed by atoms with Crippen molar-refractivity contribution in [1.82, 2.24) is 4.72 Å². The van der Waals surface area contributed by atoms with Gasteiger partial charge in [-0.3, -0.25) is 0 Å². The van der Waals surface area contributed by atoms with Gasteiger partial charge in [-0.25, -0.2) is 13.1 Å². The number of nitrogen functional groups attached to an aromatic ring is 1. The Morgan fingerprint density at radius 1 is 1.44 bits per heavy atom. The molecular formula is C12H20N2O3S. The Bertz CT molecular complexity index is 500. The molecule has 0 fully saturated rings. The van der Waals surface area contributed by atoms with E-state index in [9.17, 15) is 8.42 Å². The Morgan fingerprint density at radius 3 is 2.67 bits per heavy atom. The van der Waals surface area contributed by atoms with Crippen molar-refractivity contribution in [2.24, 2.45) is 5.92 Å². The Labute approximate surface area is 108 Å². The van der Waals surface area contributed by atoms with Gasteiger partial charge >= 0.3 is 0 Å².